The van der Waals surface area contributed by atoms with E-state index in [2.05, 4.69) is 5.32 Å². The Balaban J connectivity index is 1.69. The molecule has 3 rings (SSSR count). The molecular formula is C19H18FNO6. The number of carbonyl (C=O) groups is 2. The van der Waals surface area contributed by atoms with E-state index in [0.717, 1.165) is 0 Å². The minimum absolute atomic E-state index is 0.164. The van der Waals surface area contributed by atoms with Gasteiger partial charge in [-0.1, -0.05) is 0 Å². The molecule has 1 N–H and O–H groups in total. The van der Waals surface area contributed by atoms with Crippen molar-refractivity contribution in [2.75, 3.05) is 25.6 Å². The Morgan fingerprint density at radius 2 is 1.85 bits per heavy atom. The molecule has 142 valence electrons. The summed E-state index contributed by atoms with van der Waals surface area (Å²) < 4.78 is 34.3. The fourth-order valence-electron chi connectivity index (χ4n) is 2.45. The van der Waals surface area contributed by atoms with Gasteiger partial charge in [-0.25, -0.2) is 9.18 Å². The zero-order valence-electron chi connectivity index (χ0n) is 14.8. The Kier molecular flexibility index (Phi) is 5.44. The molecule has 0 bridgehead atoms. The molecule has 8 heteroatoms. The van der Waals surface area contributed by atoms with Gasteiger partial charge in [0.2, 0.25) is 5.75 Å². The fourth-order valence-corrected chi connectivity index (χ4v) is 2.45. The third-order valence-corrected chi connectivity index (χ3v) is 3.83. The smallest absolute Gasteiger partial charge is 0.339 e. The first-order chi connectivity index (χ1) is 13.0. The van der Waals surface area contributed by atoms with Crippen LogP contribution in [-0.4, -0.2) is 38.3 Å². The summed E-state index contributed by atoms with van der Waals surface area (Å²) in [5, 5.41) is 2.55. The lowest BCUT2D eigenvalue weighted by Gasteiger charge is -2.21. The van der Waals surface area contributed by atoms with E-state index in [-0.39, 0.29) is 5.56 Å². The van der Waals surface area contributed by atoms with Gasteiger partial charge >= 0.3 is 5.97 Å². The van der Waals surface area contributed by atoms with E-state index >= 15 is 0 Å². The summed E-state index contributed by atoms with van der Waals surface area (Å²) in [7, 11) is 1.45. The number of esters is 1. The minimum Gasteiger partial charge on any atom is -0.493 e. The van der Waals surface area contributed by atoms with Crippen LogP contribution >= 0.6 is 0 Å². The average Bonchev–Trinajstić information content (AvgIpc) is 2.68. The van der Waals surface area contributed by atoms with Crippen molar-refractivity contribution >= 4 is 17.6 Å². The maximum atomic E-state index is 12.9. The highest BCUT2D eigenvalue weighted by Crippen LogP contribution is 2.40. The van der Waals surface area contributed by atoms with Crippen LogP contribution in [0, 0.1) is 5.82 Å². The number of hydrogen-bond acceptors (Lipinski definition) is 6. The molecule has 1 atom stereocenters. The summed E-state index contributed by atoms with van der Waals surface area (Å²) in [5.41, 5.74) is 0.558. The second-order valence-electron chi connectivity index (χ2n) is 5.75. The van der Waals surface area contributed by atoms with Crippen LogP contribution < -0.4 is 19.5 Å². The van der Waals surface area contributed by atoms with E-state index in [1.54, 1.807) is 0 Å². The Morgan fingerprint density at radius 3 is 2.56 bits per heavy atom. The number of rotatable bonds is 5. The Bertz CT molecular complexity index is 835. The second-order valence-corrected chi connectivity index (χ2v) is 5.75. The standard InChI is InChI=1S/C19H18FNO6/c1-11(18(22)21-14-5-3-13(20)4-6-14)27-19(23)12-9-15(24-2)17-16(10-12)25-7-8-26-17/h3-6,9-11H,7-8H2,1-2H3,(H,21,22)/t11-/m0/s1. The molecule has 0 unspecified atom stereocenters. The lowest BCUT2D eigenvalue weighted by molar-refractivity contribution is -0.123. The maximum Gasteiger partial charge on any atom is 0.339 e. The van der Waals surface area contributed by atoms with Crippen molar-refractivity contribution < 1.29 is 32.9 Å². The lowest BCUT2D eigenvalue weighted by atomic mass is 10.1. The van der Waals surface area contributed by atoms with Crippen LogP contribution in [0.3, 0.4) is 0 Å². The van der Waals surface area contributed by atoms with Crippen LogP contribution in [0.2, 0.25) is 0 Å². The number of carbonyl (C=O) groups excluding carboxylic acids is 2. The molecule has 2 aromatic rings. The molecule has 1 aliphatic rings. The minimum atomic E-state index is -1.07. The van der Waals surface area contributed by atoms with Crippen LogP contribution in [0.15, 0.2) is 36.4 Å². The van der Waals surface area contributed by atoms with Gasteiger partial charge in [-0.05, 0) is 43.3 Å². The highest BCUT2D eigenvalue weighted by atomic mass is 19.1. The maximum absolute atomic E-state index is 12.9. The second kappa shape index (κ2) is 7.94. The van der Waals surface area contributed by atoms with Gasteiger partial charge in [0.05, 0.1) is 12.7 Å². The van der Waals surface area contributed by atoms with Crippen molar-refractivity contribution in [1.29, 1.82) is 0 Å². The zero-order valence-corrected chi connectivity index (χ0v) is 14.8. The highest BCUT2D eigenvalue weighted by Gasteiger charge is 2.24. The van der Waals surface area contributed by atoms with Crippen molar-refractivity contribution in [1.82, 2.24) is 0 Å². The lowest BCUT2D eigenvalue weighted by Crippen LogP contribution is -2.30. The largest absolute Gasteiger partial charge is 0.493 e. The van der Waals surface area contributed by atoms with Crippen molar-refractivity contribution in [3.05, 3.63) is 47.8 Å². The molecule has 1 amide bonds. The molecular weight excluding hydrogens is 357 g/mol. The quantitative estimate of drug-likeness (QED) is 0.809. The van der Waals surface area contributed by atoms with Crippen LogP contribution in [0.1, 0.15) is 17.3 Å². The van der Waals surface area contributed by atoms with E-state index in [9.17, 15) is 14.0 Å². The van der Waals surface area contributed by atoms with E-state index in [1.165, 1.54) is 50.4 Å². The molecule has 0 saturated heterocycles. The van der Waals surface area contributed by atoms with Gasteiger partial charge in [0.1, 0.15) is 19.0 Å². The van der Waals surface area contributed by atoms with Crippen molar-refractivity contribution in [2.45, 2.75) is 13.0 Å². The first-order valence-electron chi connectivity index (χ1n) is 8.23. The molecule has 0 spiro atoms. The molecule has 0 fully saturated rings. The molecule has 1 heterocycles. The predicted octanol–water partition coefficient (Wildman–Crippen LogP) is 2.79. The predicted molar refractivity (Wildman–Crippen MR) is 93.9 cm³/mol. The third-order valence-electron chi connectivity index (χ3n) is 3.83. The van der Waals surface area contributed by atoms with E-state index in [1.807, 2.05) is 0 Å². The Morgan fingerprint density at radius 1 is 1.15 bits per heavy atom. The van der Waals surface area contributed by atoms with E-state index in [4.69, 9.17) is 18.9 Å². The Labute approximate surface area is 155 Å². The number of amides is 1. The summed E-state index contributed by atoms with van der Waals surface area (Å²) in [5.74, 6) is -0.549. The molecule has 2 aromatic carbocycles. The number of anilines is 1. The van der Waals surface area contributed by atoms with Crippen molar-refractivity contribution in [3.63, 3.8) is 0 Å². The normalized spacial score (nSPS) is 13.4. The molecule has 0 radical (unpaired) electrons. The van der Waals surface area contributed by atoms with Gasteiger partial charge in [-0.3, -0.25) is 4.79 Å². The molecule has 27 heavy (non-hydrogen) atoms. The number of nitrogens with one attached hydrogen (secondary N) is 1. The van der Waals surface area contributed by atoms with Gasteiger partial charge in [0, 0.05) is 5.69 Å². The third kappa shape index (κ3) is 4.28. The van der Waals surface area contributed by atoms with E-state index < -0.39 is 23.8 Å². The number of ether oxygens (including phenoxy) is 4. The van der Waals surface area contributed by atoms with Crippen LogP contribution in [0.4, 0.5) is 10.1 Å². The molecule has 0 saturated carbocycles. The van der Waals surface area contributed by atoms with Crippen LogP contribution in [-0.2, 0) is 9.53 Å². The molecule has 0 aromatic heterocycles. The van der Waals surface area contributed by atoms with Gasteiger partial charge in [0.25, 0.3) is 5.91 Å². The monoisotopic (exact) mass is 375 g/mol. The van der Waals surface area contributed by atoms with Gasteiger partial charge in [-0.2, -0.15) is 0 Å². The van der Waals surface area contributed by atoms with Gasteiger partial charge in [0.15, 0.2) is 17.6 Å². The zero-order chi connectivity index (χ0) is 19.4. The number of hydrogen-bond donors (Lipinski definition) is 1. The summed E-state index contributed by atoms with van der Waals surface area (Å²) in [6.07, 6.45) is -1.07. The SMILES string of the molecule is COc1cc(C(=O)O[C@@H](C)C(=O)Nc2ccc(F)cc2)cc2c1OCCO2. The summed E-state index contributed by atoms with van der Waals surface area (Å²) in [6, 6.07) is 8.19. The number of methoxy groups -OCH3 is 1. The fraction of sp³-hybridized carbons (Fsp3) is 0.263. The molecule has 0 aliphatic carbocycles. The summed E-state index contributed by atoms with van der Waals surface area (Å²) >= 11 is 0. The van der Waals surface area contributed by atoms with Gasteiger partial charge in [-0.15, -0.1) is 0 Å². The topological polar surface area (TPSA) is 83.1 Å². The Hall–Kier alpha value is -3.29. The van der Waals surface area contributed by atoms with E-state index in [0.29, 0.717) is 36.1 Å². The number of halogens is 1. The molecule has 1 aliphatic heterocycles. The van der Waals surface area contributed by atoms with Crippen molar-refractivity contribution in [2.24, 2.45) is 0 Å². The average molecular weight is 375 g/mol. The first-order valence-corrected chi connectivity index (χ1v) is 8.23. The van der Waals surface area contributed by atoms with Crippen molar-refractivity contribution in [3.8, 4) is 17.2 Å². The summed E-state index contributed by atoms with van der Waals surface area (Å²) in [4.78, 5) is 24.6. The highest BCUT2D eigenvalue weighted by molar-refractivity contribution is 5.97. The molecule has 7 nitrogen and oxygen atoms in total. The van der Waals surface area contributed by atoms with Gasteiger partial charge < -0.3 is 24.3 Å². The van der Waals surface area contributed by atoms with Crippen LogP contribution in [0.5, 0.6) is 17.2 Å². The number of benzene rings is 2. The number of fused-ring (bicyclic) bond motifs is 1. The van der Waals surface area contributed by atoms with Crippen LogP contribution in [0.25, 0.3) is 0 Å². The first kappa shape index (κ1) is 18.5. The summed E-state index contributed by atoms with van der Waals surface area (Å²) in [6.45, 7) is 2.17.